The third-order valence-corrected chi connectivity index (χ3v) is 5.94. The number of aliphatic hydroxyl groups is 1. The molecule has 2 aromatic rings. The second-order valence-electron chi connectivity index (χ2n) is 5.50. The van der Waals surface area contributed by atoms with E-state index in [9.17, 15) is 18.8 Å². The number of hydrogen-bond donors (Lipinski definition) is 1. The second kappa shape index (κ2) is 7.40. The van der Waals surface area contributed by atoms with E-state index in [1.165, 1.54) is 12.1 Å². The van der Waals surface area contributed by atoms with Crippen LogP contribution in [0, 0.1) is 17.2 Å². The number of sulfone groups is 1. The van der Waals surface area contributed by atoms with E-state index in [1.807, 2.05) is 12.1 Å². The lowest BCUT2D eigenvalue weighted by Crippen LogP contribution is -2.32. The maximum Gasteiger partial charge on any atom is 0.195 e. The van der Waals surface area contributed by atoms with Gasteiger partial charge in [0.15, 0.2) is 15.1 Å². The SMILES string of the molecule is C[C@@H](CO)C(c1ccccc1)C(C#N)S(=O)(=O)c1ccccc1. The van der Waals surface area contributed by atoms with Gasteiger partial charge in [-0.25, -0.2) is 8.42 Å². The fourth-order valence-corrected chi connectivity index (χ4v) is 4.47. The zero-order valence-electron chi connectivity index (χ0n) is 12.8. The predicted octanol–water partition coefficient (Wildman–Crippen LogP) is 2.76. The van der Waals surface area contributed by atoms with E-state index < -0.39 is 21.0 Å². The van der Waals surface area contributed by atoms with Crippen LogP contribution in [-0.4, -0.2) is 25.4 Å². The summed E-state index contributed by atoms with van der Waals surface area (Å²) in [6.07, 6.45) is 0. The van der Waals surface area contributed by atoms with Crippen molar-refractivity contribution in [2.24, 2.45) is 5.92 Å². The normalized spacial score (nSPS) is 15.3. The van der Waals surface area contributed by atoms with Gasteiger partial charge in [0.05, 0.1) is 11.0 Å². The molecule has 2 unspecified atom stereocenters. The highest BCUT2D eigenvalue weighted by molar-refractivity contribution is 7.92. The fraction of sp³-hybridized carbons (Fsp3) is 0.278. The predicted molar refractivity (Wildman–Crippen MR) is 88.5 cm³/mol. The van der Waals surface area contributed by atoms with Gasteiger partial charge in [-0.2, -0.15) is 5.26 Å². The van der Waals surface area contributed by atoms with Crippen LogP contribution in [0.15, 0.2) is 65.6 Å². The molecule has 0 aliphatic rings. The Morgan fingerprint density at radius 1 is 1.04 bits per heavy atom. The lowest BCUT2D eigenvalue weighted by atomic mass is 9.85. The van der Waals surface area contributed by atoms with Gasteiger partial charge in [0, 0.05) is 12.5 Å². The molecular weight excluding hydrogens is 310 g/mol. The molecule has 3 atom stereocenters. The number of aliphatic hydroxyl groups excluding tert-OH is 1. The number of nitriles is 1. The molecule has 0 fully saturated rings. The zero-order chi connectivity index (χ0) is 16.9. The topological polar surface area (TPSA) is 78.2 Å². The fourth-order valence-electron chi connectivity index (χ4n) is 2.69. The Labute approximate surface area is 136 Å². The van der Waals surface area contributed by atoms with Crippen molar-refractivity contribution >= 4 is 9.84 Å². The van der Waals surface area contributed by atoms with E-state index in [1.54, 1.807) is 49.4 Å². The molecule has 0 saturated heterocycles. The van der Waals surface area contributed by atoms with Gasteiger partial charge in [-0.3, -0.25) is 0 Å². The van der Waals surface area contributed by atoms with Gasteiger partial charge in [-0.15, -0.1) is 0 Å². The summed E-state index contributed by atoms with van der Waals surface area (Å²) in [5.41, 5.74) is 0.736. The molecule has 0 bridgehead atoms. The minimum atomic E-state index is -3.83. The van der Waals surface area contributed by atoms with Gasteiger partial charge in [0.25, 0.3) is 0 Å². The minimum Gasteiger partial charge on any atom is -0.396 e. The summed E-state index contributed by atoms with van der Waals surface area (Å²) >= 11 is 0. The van der Waals surface area contributed by atoms with E-state index in [2.05, 4.69) is 0 Å². The van der Waals surface area contributed by atoms with Crippen molar-refractivity contribution < 1.29 is 13.5 Å². The first-order valence-electron chi connectivity index (χ1n) is 7.36. The summed E-state index contributed by atoms with van der Waals surface area (Å²) < 4.78 is 25.8. The summed E-state index contributed by atoms with van der Waals surface area (Å²) in [6.45, 7) is 1.56. The van der Waals surface area contributed by atoms with E-state index in [4.69, 9.17) is 0 Å². The average Bonchev–Trinajstić information content (AvgIpc) is 2.60. The summed E-state index contributed by atoms with van der Waals surface area (Å²) in [4.78, 5) is 0.123. The number of nitrogens with zero attached hydrogens (tertiary/aromatic N) is 1. The van der Waals surface area contributed by atoms with Crippen molar-refractivity contribution in [3.05, 3.63) is 66.2 Å². The smallest absolute Gasteiger partial charge is 0.195 e. The highest BCUT2D eigenvalue weighted by atomic mass is 32.2. The first-order chi connectivity index (χ1) is 11.0. The van der Waals surface area contributed by atoms with Crippen LogP contribution in [0.5, 0.6) is 0 Å². The van der Waals surface area contributed by atoms with Crippen LogP contribution in [0.4, 0.5) is 0 Å². The lowest BCUT2D eigenvalue weighted by molar-refractivity contribution is 0.217. The van der Waals surface area contributed by atoms with Crippen LogP contribution in [0.2, 0.25) is 0 Å². The molecule has 1 N–H and O–H groups in total. The maximum atomic E-state index is 12.9. The minimum absolute atomic E-state index is 0.123. The molecule has 120 valence electrons. The standard InChI is InChI=1S/C18H19NO3S/c1-14(13-20)18(15-8-4-2-5-9-15)17(12-19)23(21,22)16-10-6-3-7-11-16/h2-11,14,17-18,20H,13H2,1H3/t14-,17?,18?/m0/s1. The Morgan fingerprint density at radius 3 is 2.04 bits per heavy atom. The van der Waals surface area contributed by atoms with Crippen molar-refractivity contribution in [2.75, 3.05) is 6.61 Å². The maximum absolute atomic E-state index is 12.9. The molecule has 5 heteroatoms. The second-order valence-corrected chi connectivity index (χ2v) is 7.57. The molecule has 0 saturated carbocycles. The third-order valence-electron chi connectivity index (χ3n) is 3.94. The summed E-state index contributed by atoms with van der Waals surface area (Å²) in [7, 11) is -3.83. The summed E-state index contributed by atoms with van der Waals surface area (Å²) in [5.74, 6) is -0.961. The molecule has 2 rings (SSSR count). The molecule has 0 heterocycles. The van der Waals surface area contributed by atoms with Crippen LogP contribution in [0.3, 0.4) is 0 Å². The van der Waals surface area contributed by atoms with Crippen molar-refractivity contribution in [1.29, 1.82) is 5.26 Å². The first-order valence-corrected chi connectivity index (χ1v) is 8.91. The van der Waals surface area contributed by atoms with Gasteiger partial charge >= 0.3 is 0 Å². The van der Waals surface area contributed by atoms with E-state index in [0.717, 1.165) is 5.56 Å². The molecule has 23 heavy (non-hydrogen) atoms. The van der Waals surface area contributed by atoms with E-state index >= 15 is 0 Å². The Kier molecular flexibility index (Phi) is 5.54. The summed E-state index contributed by atoms with van der Waals surface area (Å²) in [5, 5.41) is 17.9. The highest BCUT2D eigenvalue weighted by Gasteiger charge is 2.38. The quantitative estimate of drug-likeness (QED) is 0.884. The summed E-state index contributed by atoms with van der Waals surface area (Å²) in [6, 6.07) is 19.0. The largest absolute Gasteiger partial charge is 0.396 e. The van der Waals surface area contributed by atoms with Crippen molar-refractivity contribution in [2.45, 2.75) is 23.0 Å². The van der Waals surface area contributed by atoms with Gasteiger partial charge < -0.3 is 5.11 Å². The van der Waals surface area contributed by atoms with Crippen LogP contribution in [-0.2, 0) is 9.84 Å². The van der Waals surface area contributed by atoms with Crippen molar-refractivity contribution in [3.8, 4) is 6.07 Å². The Balaban J connectivity index is 2.54. The molecule has 0 spiro atoms. The van der Waals surface area contributed by atoms with Crippen LogP contribution >= 0.6 is 0 Å². The number of benzene rings is 2. The Hall–Kier alpha value is -2.16. The third kappa shape index (κ3) is 3.61. The average molecular weight is 329 g/mol. The van der Waals surface area contributed by atoms with Gasteiger partial charge in [0.1, 0.15) is 0 Å². The molecule has 0 aromatic heterocycles. The lowest BCUT2D eigenvalue weighted by Gasteiger charge is -2.27. The van der Waals surface area contributed by atoms with Gasteiger partial charge in [0.2, 0.25) is 0 Å². The Bertz CT molecular complexity index is 767. The highest BCUT2D eigenvalue weighted by Crippen LogP contribution is 2.34. The van der Waals surface area contributed by atoms with Crippen LogP contribution in [0.1, 0.15) is 18.4 Å². The Morgan fingerprint density at radius 2 is 1.57 bits per heavy atom. The molecule has 4 nitrogen and oxygen atoms in total. The van der Waals surface area contributed by atoms with Crippen molar-refractivity contribution in [1.82, 2.24) is 0 Å². The molecule has 0 aliphatic carbocycles. The zero-order valence-corrected chi connectivity index (χ0v) is 13.6. The van der Waals surface area contributed by atoms with Crippen LogP contribution in [0.25, 0.3) is 0 Å². The van der Waals surface area contributed by atoms with E-state index in [0.29, 0.717) is 0 Å². The number of hydrogen-bond acceptors (Lipinski definition) is 4. The van der Waals surface area contributed by atoms with E-state index in [-0.39, 0.29) is 17.4 Å². The number of rotatable bonds is 6. The monoisotopic (exact) mass is 329 g/mol. The molecule has 2 aromatic carbocycles. The molecular formula is C18H19NO3S. The first kappa shape index (κ1) is 17.2. The van der Waals surface area contributed by atoms with Gasteiger partial charge in [-0.1, -0.05) is 55.5 Å². The molecule has 0 aliphatic heterocycles. The molecule has 0 amide bonds. The molecule has 0 radical (unpaired) electrons. The van der Waals surface area contributed by atoms with Crippen molar-refractivity contribution in [3.63, 3.8) is 0 Å². The van der Waals surface area contributed by atoms with Crippen LogP contribution < -0.4 is 0 Å². The van der Waals surface area contributed by atoms with Gasteiger partial charge in [-0.05, 0) is 23.6 Å².